The standard InChI is InChI=1S/C7H7Cl2NO/c1-10-11-7-3-2-5(8)4-6(7)9/h2-4,10H,1H3. The summed E-state index contributed by atoms with van der Waals surface area (Å²) in [6.07, 6.45) is 0. The lowest BCUT2D eigenvalue weighted by Crippen LogP contribution is -2.10. The summed E-state index contributed by atoms with van der Waals surface area (Å²) in [4.78, 5) is 4.95. The van der Waals surface area contributed by atoms with Crippen molar-refractivity contribution in [3.05, 3.63) is 28.2 Å². The first-order chi connectivity index (χ1) is 5.24. The van der Waals surface area contributed by atoms with Crippen molar-refractivity contribution in [2.75, 3.05) is 7.05 Å². The lowest BCUT2D eigenvalue weighted by molar-refractivity contribution is 0.224. The van der Waals surface area contributed by atoms with Crippen LogP contribution in [0.3, 0.4) is 0 Å². The van der Waals surface area contributed by atoms with Gasteiger partial charge < -0.3 is 4.84 Å². The van der Waals surface area contributed by atoms with E-state index in [0.29, 0.717) is 15.8 Å². The average Bonchev–Trinajstić information content (AvgIpc) is 1.95. The predicted molar refractivity (Wildman–Crippen MR) is 46.1 cm³/mol. The molecule has 1 aromatic carbocycles. The topological polar surface area (TPSA) is 21.3 Å². The molecule has 0 bridgehead atoms. The van der Waals surface area contributed by atoms with Crippen molar-refractivity contribution >= 4 is 23.2 Å². The highest BCUT2D eigenvalue weighted by atomic mass is 35.5. The van der Waals surface area contributed by atoms with Crippen molar-refractivity contribution < 1.29 is 4.84 Å². The molecular formula is C7H7Cl2NO. The highest BCUT2D eigenvalue weighted by Crippen LogP contribution is 2.26. The minimum Gasteiger partial charge on any atom is -0.407 e. The molecule has 2 nitrogen and oxygen atoms in total. The summed E-state index contributed by atoms with van der Waals surface area (Å²) >= 11 is 11.4. The van der Waals surface area contributed by atoms with E-state index in [1.165, 1.54) is 0 Å². The molecule has 0 saturated carbocycles. The largest absolute Gasteiger partial charge is 0.407 e. The van der Waals surface area contributed by atoms with E-state index in [0.717, 1.165) is 0 Å². The maximum Gasteiger partial charge on any atom is 0.165 e. The van der Waals surface area contributed by atoms with Crippen LogP contribution in [0, 0.1) is 0 Å². The molecule has 0 saturated heterocycles. The van der Waals surface area contributed by atoms with Crippen LogP contribution in [0.15, 0.2) is 18.2 Å². The third-order valence-electron chi connectivity index (χ3n) is 1.11. The van der Waals surface area contributed by atoms with E-state index in [1.807, 2.05) is 0 Å². The van der Waals surface area contributed by atoms with Crippen LogP contribution in [0.2, 0.25) is 10.0 Å². The van der Waals surface area contributed by atoms with Gasteiger partial charge in [0.1, 0.15) is 0 Å². The zero-order valence-corrected chi connectivity index (χ0v) is 7.41. The first-order valence-corrected chi connectivity index (χ1v) is 3.78. The first-order valence-electron chi connectivity index (χ1n) is 3.02. The van der Waals surface area contributed by atoms with Crippen molar-refractivity contribution in [2.45, 2.75) is 0 Å². The Kier molecular flexibility index (Phi) is 3.00. The van der Waals surface area contributed by atoms with Gasteiger partial charge in [-0.15, -0.1) is 0 Å². The Bertz CT molecular complexity index is 252. The van der Waals surface area contributed by atoms with Crippen LogP contribution in [0.5, 0.6) is 5.75 Å². The second-order valence-corrected chi connectivity index (χ2v) is 2.72. The molecule has 0 radical (unpaired) electrons. The Morgan fingerprint density at radius 1 is 1.36 bits per heavy atom. The zero-order valence-electron chi connectivity index (χ0n) is 5.90. The fourth-order valence-electron chi connectivity index (χ4n) is 0.668. The number of hydroxylamine groups is 1. The summed E-state index contributed by atoms with van der Waals surface area (Å²) in [6, 6.07) is 5.02. The van der Waals surface area contributed by atoms with Gasteiger partial charge in [-0.25, -0.2) is 0 Å². The Balaban J connectivity index is 2.90. The van der Waals surface area contributed by atoms with Crippen molar-refractivity contribution in [3.8, 4) is 5.75 Å². The van der Waals surface area contributed by atoms with Gasteiger partial charge in [0.15, 0.2) is 5.75 Å². The van der Waals surface area contributed by atoms with Gasteiger partial charge in [-0.3, -0.25) is 0 Å². The Morgan fingerprint density at radius 3 is 2.64 bits per heavy atom. The summed E-state index contributed by atoms with van der Waals surface area (Å²) < 4.78 is 0. The molecule has 0 aliphatic carbocycles. The second-order valence-electron chi connectivity index (χ2n) is 1.88. The van der Waals surface area contributed by atoms with Gasteiger partial charge >= 0.3 is 0 Å². The van der Waals surface area contributed by atoms with Crippen molar-refractivity contribution in [3.63, 3.8) is 0 Å². The third-order valence-corrected chi connectivity index (χ3v) is 1.64. The minimum absolute atomic E-state index is 0.492. The maximum atomic E-state index is 5.76. The van der Waals surface area contributed by atoms with Gasteiger partial charge in [0.05, 0.1) is 5.02 Å². The molecule has 0 aliphatic heterocycles. The molecule has 0 unspecified atom stereocenters. The molecule has 0 fully saturated rings. The predicted octanol–water partition coefficient (Wildman–Crippen LogP) is 2.51. The Labute approximate surface area is 75.0 Å². The van der Waals surface area contributed by atoms with E-state index in [4.69, 9.17) is 28.0 Å². The van der Waals surface area contributed by atoms with Gasteiger partial charge in [-0.1, -0.05) is 23.2 Å². The molecule has 0 aromatic heterocycles. The van der Waals surface area contributed by atoms with E-state index in [9.17, 15) is 0 Å². The number of rotatable bonds is 2. The number of hydrogen-bond acceptors (Lipinski definition) is 2. The molecule has 11 heavy (non-hydrogen) atoms. The van der Waals surface area contributed by atoms with Crippen molar-refractivity contribution in [1.29, 1.82) is 0 Å². The lowest BCUT2D eigenvalue weighted by atomic mass is 10.3. The Hall–Kier alpha value is -0.440. The molecule has 60 valence electrons. The summed E-state index contributed by atoms with van der Waals surface area (Å²) in [6.45, 7) is 0. The number of benzene rings is 1. The van der Waals surface area contributed by atoms with Gasteiger partial charge in [0, 0.05) is 12.1 Å². The van der Waals surface area contributed by atoms with Crippen LogP contribution in [-0.2, 0) is 0 Å². The minimum atomic E-state index is 0.492. The van der Waals surface area contributed by atoms with Crippen LogP contribution in [0.4, 0.5) is 0 Å². The molecule has 0 heterocycles. The molecule has 0 atom stereocenters. The van der Waals surface area contributed by atoms with Crippen molar-refractivity contribution in [1.82, 2.24) is 5.48 Å². The second kappa shape index (κ2) is 3.81. The molecule has 4 heteroatoms. The van der Waals surface area contributed by atoms with E-state index in [-0.39, 0.29) is 0 Å². The molecular weight excluding hydrogens is 185 g/mol. The van der Waals surface area contributed by atoms with Crippen LogP contribution < -0.4 is 10.3 Å². The van der Waals surface area contributed by atoms with E-state index < -0.39 is 0 Å². The summed E-state index contributed by atoms with van der Waals surface area (Å²) in [5, 5.41) is 1.09. The van der Waals surface area contributed by atoms with Gasteiger partial charge in [0.25, 0.3) is 0 Å². The molecule has 0 amide bonds. The molecule has 0 spiro atoms. The lowest BCUT2D eigenvalue weighted by Gasteiger charge is -2.03. The van der Waals surface area contributed by atoms with Gasteiger partial charge in [0.2, 0.25) is 0 Å². The van der Waals surface area contributed by atoms with E-state index in [1.54, 1.807) is 25.2 Å². The number of nitrogens with one attached hydrogen (secondary N) is 1. The maximum absolute atomic E-state index is 5.76. The van der Waals surface area contributed by atoms with Gasteiger partial charge in [-0.2, -0.15) is 5.48 Å². The van der Waals surface area contributed by atoms with Crippen molar-refractivity contribution in [2.24, 2.45) is 0 Å². The average molecular weight is 192 g/mol. The van der Waals surface area contributed by atoms with E-state index in [2.05, 4.69) is 5.48 Å². The summed E-state index contributed by atoms with van der Waals surface area (Å²) in [7, 11) is 1.66. The number of halogens is 2. The van der Waals surface area contributed by atoms with Crippen LogP contribution in [-0.4, -0.2) is 7.05 Å². The molecule has 1 aromatic rings. The normalized spacial score (nSPS) is 9.73. The highest BCUT2D eigenvalue weighted by Gasteiger charge is 2.00. The molecule has 1 rings (SSSR count). The quantitative estimate of drug-likeness (QED) is 0.726. The fraction of sp³-hybridized carbons (Fsp3) is 0.143. The van der Waals surface area contributed by atoms with Crippen LogP contribution in [0.25, 0.3) is 0 Å². The molecule has 1 N–H and O–H groups in total. The fourth-order valence-corrected chi connectivity index (χ4v) is 1.12. The molecule has 0 aliphatic rings. The summed E-state index contributed by atoms with van der Waals surface area (Å²) in [5.74, 6) is 0.568. The smallest absolute Gasteiger partial charge is 0.165 e. The Morgan fingerprint density at radius 2 is 2.09 bits per heavy atom. The highest BCUT2D eigenvalue weighted by molar-refractivity contribution is 6.35. The summed E-state index contributed by atoms with van der Waals surface area (Å²) in [5.41, 5.74) is 2.52. The first kappa shape index (κ1) is 8.65. The van der Waals surface area contributed by atoms with Crippen LogP contribution in [0.1, 0.15) is 0 Å². The zero-order chi connectivity index (χ0) is 8.27. The third kappa shape index (κ3) is 2.26. The van der Waals surface area contributed by atoms with E-state index >= 15 is 0 Å². The number of hydrogen-bond donors (Lipinski definition) is 1. The van der Waals surface area contributed by atoms with Crippen LogP contribution >= 0.6 is 23.2 Å². The monoisotopic (exact) mass is 191 g/mol. The SMILES string of the molecule is CNOc1ccc(Cl)cc1Cl. The van der Waals surface area contributed by atoms with Gasteiger partial charge in [-0.05, 0) is 18.2 Å².